The third kappa shape index (κ3) is 5.31. The number of rotatable bonds is 7. The number of fused-ring (bicyclic) bond motifs is 1. The summed E-state index contributed by atoms with van der Waals surface area (Å²) in [5.41, 5.74) is 3.04. The van der Waals surface area contributed by atoms with Crippen molar-refractivity contribution < 1.29 is 14.3 Å². The van der Waals surface area contributed by atoms with Crippen LogP contribution in [0.3, 0.4) is 0 Å². The van der Waals surface area contributed by atoms with Gasteiger partial charge in [0.15, 0.2) is 5.16 Å². The molecule has 0 saturated heterocycles. The monoisotopic (exact) mass is 440 g/mol. The molecule has 0 bridgehead atoms. The van der Waals surface area contributed by atoms with Gasteiger partial charge < -0.3 is 10.1 Å². The van der Waals surface area contributed by atoms with Crippen LogP contribution in [-0.4, -0.2) is 47.5 Å². The summed E-state index contributed by atoms with van der Waals surface area (Å²) >= 11 is 1.10. The van der Waals surface area contributed by atoms with Crippen molar-refractivity contribution in [2.45, 2.75) is 19.0 Å². The first-order valence-electron chi connectivity index (χ1n) is 9.70. The highest BCUT2D eigenvalue weighted by molar-refractivity contribution is 7.99. The number of hydrogen-bond donors (Lipinski definition) is 2. The number of hydrogen-bond acceptors (Lipinski definition) is 6. The third-order valence-electron chi connectivity index (χ3n) is 4.74. The van der Waals surface area contributed by atoms with Crippen molar-refractivity contribution in [1.82, 2.24) is 20.2 Å². The number of aromatic nitrogens is 2. The highest BCUT2D eigenvalue weighted by Crippen LogP contribution is 2.24. The van der Waals surface area contributed by atoms with E-state index in [0.29, 0.717) is 34.9 Å². The number of imide groups is 1. The van der Waals surface area contributed by atoms with Crippen LogP contribution in [0, 0.1) is 13.8 Å². The number of ether oxygens (including phenoxy) is 1. The van der Waals surface area contributed by atoms with Gasteiger partial charge in [0.25, 0.3) is 5.56 Å². The topological polar surface area (TPSA) is 102 Å². The van der Waals surface area contributed by atoms with Gasteiger partial charge in [0.2, 0.25) is 5.91 Å². The van der Waals surface area contributed by atoms with Crippen LogP contribution in [-0.2, 0) is 9.53 Å². The highest BCUT2D eigenvalue weighted by atomic mass is 32.2. The minimum atomic E-state index is -0.596. The van der Waals surface area contributed by atoms with E-state index in [9.17, 15) is 14.4 Å². The number of benzene rings is 2. The summed E-state index contributed by atoms with van der Waals surface area (Å²) in [6.07, 6.45) is 0. The maximum atomic E-state index is 13.3. The molecule has 0 saturated carbocycles. The first-order chi connectivity index (χ1) is 14.9. The lowest BCUT2D eigenvalue weighted by molar-refractivity contribution is -0.117. The van der Waals surface area contributed by atoms with E-state index >= 15 is 0 Å². The van der Waals surface area contributed by atoms with Crippen LogP contribution in [0.25, 0.3) is 16.6 Å². The lowest BCUT2D eigenvalue weighted by atomic mass is 10.1. The van der Waals surface area contributed by atoms with E-state index in [2.05, 4.69) is 15.6 Å². The molecule has 2 N–H and O–H groups in total. The average molecular weight is 441 g/mol. The van der Waals surface area contributed by atoms with Gasteiger partial charge in [-0.3, -0.25) is 19.5 Å². The molecule has 0 aliphatic rings. The third-order valence-corrected chi connectivity index (χ3v) is 5.68. The van der Waals surface area contributed by atoms with Crippen LogP contribution in [0.4, 0.5) is 4.79 Å². The number of amides is 3. The average Bonchev–Trinajstić information content (AvgIpc) is 2.75. The predicted octanol–water partition coefficient (Wildman–Crippen LogP) is 2.57. The summed E-state index contributed by atoms with van der Waals surface area (Å²) < 4.78 is 6.38. The normalized spacial score (nSPS) is 10.8. The molecule has 0 unspecified atom stereocenters. The van der Waals surface area contributed by atoms with E-state index in [-0.39, 0.29) is 11.3 Å². The van der Waals surface area contributed by atoms with E-state index in [1.807, 2.05) is 38.1 Å². The molecular formula is C22H24N4O4S. The Morgan fingerprint density at radius 1 is 1.13 bits per heavy atom. The fourth-order valence-electron chi connectivity index (χ4n) is 3.00. The summed E-state index contributed by atoms with van der Waals surface area (Å²) in [6.45, 7) is 4.55. The van der Waals surface area contributed by atoms with Crippen molar-refractivity contribution in [2.75, 3.05) is 26.0 Å². The fourth-order valence-corrected chi connectivity index (χ4v) is 3.81. The van der Waals surface area contributed by atoms with Crippen LogP contribution in [0.1, 0.15) is 11.1 Å². The second kappa shape index (κ2) is 10.2. The zero-order valence-corrected chi connectivity index (χ0v) is 18.4. The van der Waals surface area contributed by atoms with Gasteiger partial charge in [0, 0.05) is 13.7 Å². The lowest BCUT2D eigenvalue weighted by Gasteiger charge is -2.16. The second-order valence-corrected chi connectivity index (χ2v) is 7.80. The van der Waals surface area contributed by atoms with Crippen molar-refractivity contribution in [2.24, 2.45) is 0 Å². The molecule has 2 aromatic carbocycles. The fraction of sp³-hybridized carbons (Fsp3) is 0.273. The lowest BCUT2D eigenvalue weighted by Crippen LogP contribution is -2.41. The molecule has 3 amide bonds. The first-order valence-corrected chi connectivity index (χ1v) is 10.7. The molecule has 0 spiro atoms. The molecule has 31 heavy (non-hydrogen) atoms. The predicted molar refractivity (Wildman–Crippen MR) is 121 cm³/mol. The van der Waals surface area contributed by atoms with E-state index in [1.165, 1.54) is 11.7 Å². The summed E-state index contributed by atoms with van der Waals surface area (Å²) in [5.74, 6) is -0.567. The molecule has 1 heterocycles. The van der Waals surface area contributed by atoms with Gasteiger partial charge in [-0.2, -0.15) is 0 Å². The van der Waals surface area contributed by atoms with Crippen LogP contribution < -0.4 is 16.2 Å². The van der Waals surface area contributed by atoms with Gasteiger partial charge in [-0.15, -0.1) is 0 Å². The van der Waals surface area contributed by atoms with E-state index in [0.717, 1.165) is 22.9 Å². The highest BCUT2D eigenvalue weighted by Gasteiger charge is 2.17. The Morgan fingerprint density at radius 3 is 2.68 bits per heavy atom. The molecule has 9 heteroatoms. The number of carbonyl (C=O) groups is 2. The molecule has 162 valence electrons. The molecule has 0 radical (unpaired) electrons. The van der Waals surface area contributed by atoms with Gasteiger partial charge >= 0.3 is 6.03 Å². The standard InChI is InChI=1S/C22H24N4O4S/c1-14-7-6-10-18(15(14)2)26-20(28)16-8-4-5-9-17(16)24-22(26)31-13-19(27)25-21(29)23-11-12-30-3/h4-10H,11-13H2,1-3H3,(H2,23,25,27,29). The Kier molecular flexibility index (Phi) is 7.43. The number of urea groups is 1. The van der Waals surface area contributed by atoms with E-state index < -0.39 is 11.9 Å². The summed E-state index contributed by atoms with van der Waals surface area (Å²) in [7, 11) is 1.52. The van der Waals surface area contributed by atoms with E-state index in [4.69, 9.17) is 4.74 Å². The number of para-hydroxylation sites is 1. The van der Waals surface area contributed by atoms with Gasteiger partial charge in [-0.05, 0) is 43.2 Å². The zero-order chi connectivity index (χ0) is 22.4. The summed E-state index contributed by atoms with van der Waals surface area (Å²) in [6, 6.07) is 12.2. The number of methoxy groups -OCH3 is 1. The Morgan fingerprint density at radius 2 is 1.90 bits per heavy atom. The Bertz CT molecular complexity index is 1180. The summed E-state index contributed by atoms with van der Waals surface area (Å²) in [5, 5.41) is 5.66. The molecule has 0 aliphatic carbocycles. The molecule has 0 aliphatic heterocycles. The van der Waals surface area contributed by atoms with Crippen LogP contribution >= 0.6 is 11.8 Å². The largest absolute Gasteiger partial charge is 0.383 e. The minimum absolute atomic E-state index is 0.0761. The number of carbonyl (C=O) groups excluding carboxylic acids is 2. The van der Waals surface area contributed by atoms with Gasteiger partial charge in [-0.1, -0.05) is 36.0 Å². The Balaban J connectivity index is 1.91. The quantitative estimate of drug-likeness (QED) is 0.333. The summed E-state index contributed by atoms with van der Waals surface area (Å²) in [4.78, 5) is 41.9. The van der Waals surface area contributed by atoms with Crippen molar-refractivity contribution in [3.8, 4) is 5.69 Å². The molecule has 0 atom stereocenters. The van der Waals surface area contributed by atoms with Crippen LogP contribution in [0.5, 0.6) is 0 Å². The number of nitrogens with zero attached hydrogens (tertiary/aromatic N) is 2. The van der Waals surface area contributed by atoms with Crippen molar-refractivity contribution in [1.29, 1.82) is 0 Å². The Hall–Kier alpha value is -3.17. The van der Waals surface area contributed by atoms with E-state index in [1.54, 1.807) is 18.2 Å². The van der Waals surface area contributed by atoms with Crippen LogP contribution in [0.15, 0.2) is 52.4 Å². The Labute approximate surface area is 184 Å². The van der Waals surface area contributed by atoms with Crippen molar-refractivity contribution in [3.05, 3.63) is 63.9 Å². The molecule has 8 nitrogen and oxygen atoms in total. The molecule has 1 aromatic heterocycles. The second-order valence-electron chi connectivity index (χ2n) is 6.86. The zero-order valence-electron chi connectivity index (χ0n) is 17.6. The first kappa shape index (κ1) is 22.5. The number of thioether (sulfide) groups is 1. The number of aryl methyl sites for hydroxylation is 1. The molecule has 0 fully saturated rings. The number of nitrogens with one attached hydrogen (secondary N) is 2. The molecule has 3 rings (SSSR count). The van der Waals surface area contributed by atoms with Crippen LogP contribution in [0.2, 0.25) is 0 Å². The minimum Gasteiger partial charge on any atom is -0.383 e. The molecule has 3 aromatic rings. The smallest absolute Gasteiger partial charge is 0.321 e. The van der Waals surface area contributed by atoms with Gasteiger partial charge in [0.1, 0.15) is 0 Å². The van der Waals surface area contributed by atoms with Crippen molar-refractivity contribution in [3.63, 3.8) is 0 Å². The van der Waals surface area contributed by atoms with Crippen molar-refractivity contribution >= 4 is 34.6 Å². The van der Waals surface area contributed by atoms with Gasteiger partial charge in [0.05, 0.1) is 29.0 Å². The van der Waals surface area contributed by atoms with Gasteiger partial charge in [-0.25, -0.2) is 9.78 Å². The maximum absolute atomic E-state index is 13.3. The maximum Gasteiger partial charge on any atom is 0.321 e. The SMILES string of the molecule is COCCNC(=O)NC(=O)CSc1nc2ccccc2c(=O)n1-c1cccc(C)c1C. The molecular weight excluding hydrogens is 416 g/mol.